The van der Waals surface area contributed by atoms with Gasteiger partial charge in [0.25, 0.3) is 0 Å². The zero-order valence-corrected chi connectivity index (χ0v) is 11.2. The zero-order valence-electron chi connectivity index (χ0n) is 9.61. The fourth-order valence-electron chi connectivity index (χ4n) is 1.96. The summed E-state index contributed by atoms with van der Waals surface area (Å²) in [5.74, 6) is -5.97. The van der Waals surface area contributed by atoms with E-state index in [1.54, 1.807) is 0 Å². The van der Waals surface area contributed by atoms with Crippen molar-refractivity contribution in [2.45, 2.75) is 48.9 Å². The van der Waals surface area contributed by atoms with Crippen molar-refractivity contribution < 1.29 is 31.1 Å². The highest BCUT2D eigenvalue weighted by Gasteiger charge is 2.61. The number of nitrogens with one attached hydrogen (secondary N) is 1. The molecule has 0 unspecified atom stereocenters. The van der Waals surface area contributed by atoms with Crippen LogP contribution in [0.3, 0.4) is 0 Å². The van der Waals surface area contributed by atoms with Crippen LogP contribution in [0.1, 0.15) is 25.7 Å². The molecule has 0 aromatic carbocycles. The SMILES string of the molecule is O=C(NC1CCC(Br)CC1)C(C(F)(F)F)C(F)(F)F. The Morgan fingerprint density at radius 2 is 1.42 bits per heavy atom. The van der Waals surface area contributed by atoms with Crippen LogP contribution < -0.4 is 5.32 Å². The molecular formula is C10H12BrF6NO. The minimum atomic E-state index is -5.63. The summed E-state index contributed by atoms with van der Waals surface area (Å²) in [6.45, 7) is 0. The lowest BCUT2D eigenvalue weighted by Gasteiger charge is -2.29. The molecule has 19 heavy (non-hydrogen) atoms. The summed E-state index contributed by atoms with van der Waals surface area (Å²) in [5.41, 5.74) is 0. The Labute approximate surface area is 114 Å². The molecule has 1 rings (SSSR count). The van der Waals surface area contributed by atoms with E-state index in [0.29, 0.717) is 25.7 Å². The van der Waals surface area contributed by atoms with Crippen molar-refractivity contribution in [2.75, 3.05) is 0 Å². The Morgan fingerprint density at radius 3 is 1.79 bits per heavy atom. The Balaban J connectivity index is 2.68. The third-order valence-corrected chi connectivity index (χ3v) is 3.84. The molecule has 0 saturated heterocycles. The highest BCUT2D eigenvalue weighted by Crippen LogP contribution is 2.39. The second-order valence-corrected chi connectivity index (χ2v) is 5.77. The maximum Gasteiger partial charge on any atom is 0.409 e. The van der Waals surface area contributed by atoms with Crippen LogP contribution in [0.25, 0.3) is 0 Å². The first-order valence-electron chi connectivity index (χ1n) is 5.59. The smallest absolute Gasteiger partial charge is 0.353 e. The lowest BCUT2D eigenvalue weighted by atomic mass is 9.94. The number of hydrogen-bond acceptors (Lipinski definition) is 1. The first-order valence-corrected chi connectivity index (χ1v) is 6.51. The summed E-state index contributed by atoms with van der Waals surface area (Å²) < 4.78 is 73.8. The third-order valence-electron chi connectivity index (χ3n) is 2.92. The molecule has 0 radical (unpaired) electrons. The van der Waals surface area contributed by atoms with Crippen molar-refractivity contribution in [3.05, 3.63) is 0 Å². The highest BCUT2D eigenvalue weighted by molar-refractivity contribution is 9.09. The molecule has 0 bridgehead atoms. The Morgan fingerprint density at radius 1 is 1.00 bits per heavy atom. The molecule has 0 spiro atoms. The number of rotatable bonds is 2. The number of hydrogen-bond donors (Lipinski definition) is 1. The molecule has 0 heterocycles. The summed E-state index contributed by atoms with van der Waals surface area (Å²) in [6.07, 6.45) is -9.32. The van der Waals surface area contributed by atoms with E-state index < -0.39 is 30.2 Å². The van der Waals surface area contributed by atoms with Crippen LogP contribution in [-0.2, 0) is 4.79 Å². The van der Waals surface area contributed by atoms with Gasteiger partial charge in [-0.3, -0.25) is 4.79 Å². The largest absolute Gasteiger partial charge is 0.409 e. The molecule has 1 aliphatic carbocycles. The van der Waals surface area contributed by atoms with E-state index in [2.05, 4.69) is 15.9 Å². The van der Waals surface area contributed by atoms with E-state index in [0.717, 1.165) is 0 Å². The molecule has 1 amide bonds. The monoisotopic (exact) mass is 355 g/mol. The number of alkyl halides is 7. The quantitative estimate of drug-likeness (QED) is 0.595. The normalized spacial score (nSPS) is 25.5. The van der Waals surface area contributed by atoms with Gasteiger partial charge in [-0.15, -0.1) is 0 Å². The minimum absolute atomic E-state index is 0.196. The van der Waals surface area contributed by atoms with Gasteiger partial charge in [-0.25, -0.2) is 0 Å². The zero-order chi connectivity index (χ0) is 14.8. The van der Waals surface area contributed by atoms with Gasteiger partial charge < -0.3 is 5.32 Å². The van der Waals surface area contributed by atoms with Gasteiger partial charge in [0.1, 0.15) is 0 Å². The Bertz CT molecular complexity index is 307. The molecule has 112 valence electrons. The van der Waals surface area contributed by atoms with Crippen molar-refractivity contribution in [1.82, 2.24) is 5.32 Å². The topological polar surface area (TPSA) is 29.1 Å². The molecule has 0 aromatic heterocycles. The fraction of sp³-hybridized carbons (Fsp3) is 0.900. The van der Waals surface area contributed by atoms with Crippen LogP contribution in [0.5, 0.6) is 0 Å². The van der Waals surface area contributed by atoms with E-state index in [4.69, 9.17) is 0 Å². The standard InChI is InChI=1S/C10H12BrF6NO/c11-5-1-3-6(4-2-5)18-8(19)7(9(12,13)14)10(15,16)17/h5-7H,1-4H2,(H,18,19). The van der Waals surface area contributed by atoms with Gasteiger partial charge in [-0.1, -0.05) is 15.9 Å². The van der Waals surface area contributed by atoms with Gasteiger partial charge in [0.2, 0.25) is 11.8 Å². The maximum atomic E-state index is 12.3. The van der Waals surface area contributed by atoms with Gasteiger partial charge in [0.05, 0.1) is 0 Å². The summed E-state index contributed by atoms with van der Waals surface area (Å²) in [4.78, 5) is 11.4. The van der Waals surface area contributed by atoms with Crippen LogP contribution in [0.15, 0.2) is 0 Å². The summed E-state index contributed by atoms with van der Waals surface area (Å²) in [5, 5.41) is 1.85. The summed E-state index contributed by atoms with van der Waals surface area (Å²) >= 11 is 3.30. The van der Waals surface area contributed by atoms with Gasteiger partial charge in [0.15, 0.2) is 0 Å². The molecule has 1 N–H and O–H groups in total. The lowest BCUT2D eigenvalue weighted by Crippen LogP contribution is -2.51. The number of carbonyl (C=O) groups excluding carboxylic acids is 1. The molecule has 1 aliphatic rings. The predicted molar refractivity (Wildman–Crippen MR) is 58.7 cm³/mol. The molecule has 1 saturated carbocycles. The molecule has 2 nitrogen and oxygen atoms in total. The van der Waals surface area contributed by atoms with Crippen molar-refractivity contribution in [3.63, 3.8) is 0 Å². The first kappa shape index (κ1) is 16.6. The van der Waals surface area contributed by atoms with Gasteiger partial charge in [-0.2, -0.15) is 26.3 Å². The molecule has 0 aliphatic heterocycles. The van der Waals surface area contributed by atoms with Gasteiger partial charge in [-0.05, 0) is 25.7 Å². The third kappa shape index (κ3) is 4.85. The van der Waals surface area contributed by atoms with E-state index >= 15 is 0 Å². The average molecular weight is 356 g/mol. The number of carbonyl (C=O) groups is 1. The van der Waals surface area contributed by atoms with Crippen LogP contribution in [-0.4, -0.2) is 29.1 Å². The fourth-order valence-corrected chi connectivity index (χ4v) is 2.49. The van der Waals surface area contributed by atoms with Gasteiger partial charge in [0, 0.05) is 10.9 Å². The Kier molecular flexibility index (Phi) is 5.14. The van der Waals surface area contributed by atoms with Crippen molar-refractivity contribution in [1.29, 1.82) is 0 Å². The second kappa shape index (κ2) is 5.88. The number of amides is 1. The van der Waals surface area contributed by atoms with Crippen LogP contribution in [0.2, 0.25) is 0 Å². The molecule has 9 heteroatoms. The van der Waals surface area contributed by atoms with Crippen molar-refractivity contribution in [2.24, 2.45) is 5.92 Å². The van der Waals surface area contributed by atoms with E-state index in [9.17, 15) is 31.1 Å². The summed E-state index contributed by atoms with van der Waals surface area (Å²) in [7, 11) is 0. The second-order valence-electron chi connectivity index (χ2n) is 4.47. The summed E-state index contributed by atoms with van der Waals surface area (Å²) in [6, 6.07) is -0.631. The van der Waals surface area contributed by atoms with Crippen LogP contribution in [0, 0.1) is 5.92 Å². The van der Waals surface area contributed by atoms with Crippen LogP contribution in [0.4, 0.5) is 26.3 Å². The number of halogens is 7. The van der Waals surface area contributed by atoms with E-state index in [1.165, 1.54) is 0 Å². The van der Waals surface area contributed by atoms with Crippen LogP contribution >= 0.6 is 15.9 Å². The molecule has 0 atom stereocenters. The van der Waals surface area contributed by atoms with E-state index in [1.807, 2.05) is 5.32 Å². The Hall–Kier alpha value is -0.470. The highest BCUT2D eigenvalue weighted by atomic mass is 79.9. The van der Waals surface area contributed by atoms with E-state index in [-0.39, 0.29) is 4.83 Å². The first-order chi connectivity index (χ1) is 8.51. The molecule has 1 fully saturated rings. The lowest BCUT2D eigenvalue weighted by molar-refractivity contribution is -0.274. The maximum absolute atomic E-state index is 12.3. The molecular weight excluding hydrogens is 344 g/mol. The minimum Gasteiger partial charge on any atom is -0.353 e. The van der Waals surface area contributed by atoms with Gasteiger partial charge >= 0.3 is 12.4 Å². The average Bonchev–Trinajstić information content (AvgIpc) is 2.16. The van der Waals surface area contributed by atoms with Crippen molar-refractivity contribution >= 4 is 21.8 Å². The van der Waals surface area contributed by atoms with Crippen molar-refractivity contribution in [3.8, 4) is 0 Å². The molecule has 0 aromatic rings. The predicted octanol–water partition coefficient (Wildman–Crippen LogP) is 3.55.